The minimum absolute atomic E-state index is 0.239. The number of fused-ring (bicyclic) bond motifs is 1. The van der Waals surface area contributed by atoms with E-state index in [-0.39, 0.29) is 11.7 Å². The fraction of sp³-hybridized carbons (Fsp3) is 0.280. The molecule has 1 saturated heterocycles. The zero-order chi connectivity index (χ0) is 22.2. The molecule has 0 unspecified atom stereocenters. The molecule has 0 spiro atoms. The van der Waals surface area contributed by atoms with E-state index in [1.165, 1.54) is 11.8 Å². The Hall–Kier alpha value is -3.45. The zero-order valence-electron chi connectivity index (χ0n) is 18.1. The predicted molar refractivity (Wildman–Crippen MR) is 125 cm³/mol. The number of amides is 1. The van der Waals surface area contributed by atoms with Gasteiger partial charge < -0.3 is 20.9 Å². The molecular weight excluding hydrogens is 405 g/mol. The first kappa shape index (κ1) is 20.5. The maximum absolute atomic E-state index is 15.0. The quantitative estimate of drug-likeness (QED) is 0.666. The lowest BCUT2D eigenvalue weighted by atomic mass is 9.93. The van der Waals surface area contributed by atoms with E-state index in [4.69, 9.17) is 5.73 Å². The monoisotopic (exact) mass is 431 g/mol. The molecule has 164 valence electrons. The highest BCUT2D eigenvalue weighted by atomic mass is 19.1. The Balaban J connectivity index is 1.46. The number of hydrogen-bond donors (Lipinski definition) is 2. The molecule has 1 fully saturated rings. The van der Waals surface area contributed by atoms with Crippen LogP contribution >= 0.6 is 0 Å². The number of nitrogen functional groups attached to an aromatic ring is 1. The van der Waals surface area contributed by atoms with Crippen molar-refractivity contribution >= 4 is 17.4 Å². The van der Waals surface area contributed by atoms with Crippen molar-refractivity contribution in [3.05, 3.63) is 65.6 Å². The topological polar surface area (TPSA) is 74.5 Å². The van der Waals surface area contributed by atoms with Crippen LogP contribution in [0.2, 0.25) is 0 Å². The Morgan fingerprint density at radius 3 is 2.47 bits per heavy atom. The highest BCUT2D eigenvalue weighted by Gasteiger charge is 2.21. The van der Waals surface area contributed by atoms with Gasteiger partial charge in [-0.25, -0.2) is 9.37 Å². The van der Waals surface area contributed by atoms with Gasteiger partial charge in [0.1, 0.15) is 11.6 Å². The maximum Gasteiger partial charge on any atom is 0.251 e. The van der Waals surface area contributed by atoms with Crippen molar-refractivity contribution in [2.45, 2.75) is 6.42 Å². The number of carbonyl (C=O) groups excluding carboxylic acids is 1. The molecule has 0 saturated carbocycles. The number of likely N-dealkylation sites (N-methyl/N-ethyl adjacent to an activating group) is 1. The van der Waals surface area contributed by atoms with Crippen LogP contribution in [0.1, 0.15) is 15.9 Å². The third-order valence-corrected chi connectivity index (χ3v) is 6.40. The number of nitrogens with two attached hydrogens (primary N) is 1. The molecule has 2 aromatic carbocycles. The average Bonchev–Trinajstić information content (AvgIpc) is 2.81. The van der Waals surface area contributed by atoms with Gasteiger partial charge in [-0.3, -0.25) is 4.79 Å². The van der Waals surface area contributed by atoms with Crippen molar-refractivity contribution in [2.75, 3.05) is 50.4 Å². The normalized spacial score (nSPS) is 16.6. The van der Waals surface area contributed by atoms with E-state index in [0.29, 0.717) is 29.7 Å². The fourth-order valence-electron chi connectivity index (χ4n) is 4.43. The number of hydrogen-bond acceptors (Lipinski definition) is 5. The Bertz CT molecular complexity index is 1170. The molecule has 7 heteroatoms. The number of aromatic nitrogens is 1. The molecule has 1 amide bonds. The van der Waals surface area contributed by atoms with Gasteiger partial charge in [0.2, 0.25) is 0 Å². The standard InChI is InChI=1S/C25H26FN5O/c1-30-8-10-31(11-9-30)19-4-2-16(3-5-19)18-13-22(24(27)29-15-18)21-12-17-6-7-28-25(32)20(17)14-23(21)26/h2-5,12-15H,6-11H2,1H3,(H2,27,29)(H,28,32). The summed E-state index contributed by atoms with van der Waals surface area (Å²) in [5.41, 5.74) is 11.3. The first-order valence-electron chi connectivity index (χ1n) is 10.9. The molecule has 6 nitrogen and oxygen atoms in total. The molecule has 2 aliphatic rings. The molecule has 0 radical (unpaired) electrons. The van der Waals surface area contributed by atoms with E-state index in [1.54, 1.807) is 12.3 Å². The second-order valence-electron chi connectivity index (χ2n) is 8.49. The molecule has 3 aromatic rings. The highest BCUT2D eigenvalue weighted by Crippen LogP contribution is 2.34. The fourth-order valence-corrected chi connectivity index (χ4v) is 4.43. The van der Waals surface area contributed by atoms with Crippen LogP contribution < -0.4 is 16.0 Å². The lowest BCUT2D eigenvalue weighted by Gasteiger charge is -2.34. The second-order valence-corrected chi connectivity index (χ2v) is 8.49. The first-order chi connectivity index (χ1) is 15.5. The Kier molecular flexibility index (Phi) is 5.27. The van der Waals surface area contributed by atoms with Gasteiger partial charge in [0, 0.05) is 66.9 Å². The molecule has 2 aliphatic heterocycles. The minimum atomic E-state index is -0.475. The summed E-state index contributed by atoms with van der Waals surface area (Å²) in [6, 6.07) is 13.3. The van der Waals surface area contributed by atoms with Crippen molar-refractivity contribution in [1.29, 1.82) is 0 Å². The first-order valence-corrected chi connectivity index (χ1v) is 10.9. The van der Waals surface area contributed by atoms with Crippen LogP contribution in [0.3, 0.4) is 0 Å². The summed E-state index contributed by atoms with van der Waals surface area (Å²) in [6.07, 6.45) is 2.38. The van der Waals surface area contributed by atoms with E-state index >= 15 is 0 Å². The lowest BCUT2D eigenvalue weighted by Crippen LogP contribution is -2.44. The number of benzene rings is 2. The number of nitrogens with one attached hydrogen (secondary N) is 1. The van der Waals surface area contributed by atoms with Crippen LogP contribution in [-0.2, 0) is 6.42 Å². The molecule has 5 rings (SSSR count). The Morgan fingerprint density at radius 2 is 1.72 bits per heavy atom. The smallest absolute Gasteiger partial charge is 0.251 e. The van der Waals surface area contributed by atoms with Gasteiger partial charge in [0.05, 0.1) is 0 Å². The van der Waals surface area contributed by atoms with E-state index in [9.17, 15) is 9.18 Å². The summed E-state index contributed by atoms with van der Waals surface area (Å²) < 4.78 is 15.0. The van der Waals surface area contributed by atoms with Crippen molar-refractivity contribution < 1.29 is 9.18 Å². The van der Waals surface area contributed by atoms with Gasteiger partial charge in [-0.2, -0.15) is 0 Å². The Labute approximate surface area is 186 Å². The van der Waals surface area contributed by atoms with Crippen molar-refractivity contribution in [2.24, 2.45) is 0 Å². The van der Waals surface area contributed by atoms with Gasteiger partial charge in [-0.1, -0.05) is 12.1 Å². The summed E-state index contributed by atoms with van der Waals surface area (Å²) in [6.45, 7) is 4.68. The van der Waals surface area contributed by atoms with Crippen molar-refractivity contribution in [3.8, 4) is 22.3 Å². The average molecular weight is 432 g/mol. The molecule has 3 N–H and O–H groups in total. The molecular formula is C25H26FN5O. The van der Waals surface area contributed by atoms with E-state index < -0.39 is 5.82 Å². The van der Waals surface area contributed by atoms with Gasteiger partial charge >= 0.3 is 0 Å². The molecule has 1 aromatic heterocycles. The summed E-state index contributed by atoms with van der Waals surface area (Å²) in [5, 5.41) is 2.75. The third kappa shape index (κ3) is 3.80. The number of piperazine rings is 1. The summed E-state index contributed by atoms with van der Waals surface area (Å²) >= 11 is 0. The van der Waals surface area contributed by atoms with E-state index in [2.05, 4.69) is 51.4 Å². The number of halogens is 1. The molecule has 0 bridgehead atoms. The van der Waals surface area contributed by atoms with Crippen LogP contribution in [-0.4, -0.2) is 55.6 Å². The number of anilines is 2. The number of nitrogens with zero attached hydrogens (tertiary/aromatic N) is 3. The van der Waals surface area contributed by atoms with Crippen LogP contribution in [0.5, 0.6) is 0 Å². The Morgan fingerprint density at radius 1 is 0.969 bits per heavy atom. The lowest BCUT2D eigenvalue weighted by molar-refractivity contribution is 0.0945. The second kappa shape index (κ2) is 8.24. The largest absolute Gasteiger partial charge is 0.383 e. The summed E-state index contributed by atoms with van der Waals surface area (Å²) in [7, 11) is 2.15. The van der Waals surface area contributed by atoms with Crippen molar-refractivity contribution in [3.63, 3.8) is 0 Å². The minimum Gasteiger partial charge on any atom is -0.383 e. The van der Waals surface area contributed by atoms with Gasteiger partial charge in [0.15, 0.2) is 0 Å². The molecule has 3 heterocycles. The van der Waals surface area contributed by atoms with Gasteiger partial charge in [-0.05, 0) is 54.9 Å². The number of pyridine rings is 1. The van der Waals surface area contributed by atoms with Gasteiger partial charge in [-0.15, -0.1) is 0 Å². The maximum atomic E-state index is 15.0. The zero-order valence-corrected chi connectivity index (χ0v) is 18.1. The molecule has 32 heavy (non-hydrogen) atoms. The predicted octanol–water partition coefficient (Wildman–Crippen LogP) is 3.17. The van der Waals surface area contributed by atoms with Gasteiger partial charge in [0.25, 0.3) is 5.91 Å². The van der Waals surface area contributed by atoms with Crippen molar-refractivity contribution in [1.82, 2.24) is 15.2 Å². The summed E-state index contributed by atoms with van der Waals surface area (Å²) in [5.74, 6) is -0.448. The molecule has 0 atom stereocenters. The number of carbonyl (C=O) groups is 1. The van der Waals surface area contributed by atoms with Crippen LogP contribution in [0.4, 0.5) is 15.9 Å². The summed E-state index contributed by atoms with van der Waals surface area (Å²) in [4.78, 5) is 21.1. The van der Waals surface area contributed by atoms with Crippen LogP contribution in [0.25, 0.3) is 22.3 Å². The third-order valence-electron chi connectivity index (χ3n) is 6.40. The molecule has 0 aliphatic carbocycles. The van der Waals surface area contributed by atoms with E-state index in [0.717, 1.165) is 42.9 Å². The van der Waals surface area contributed by atoms with E-state index in [1.807, 2.05) is 6.07 Å². The number of rotatable bonds is 3. The highest BCUT2D eigenvalue weighted by molar-refractivity contribution is 5.97. The SMILES string of the molecule is CN1CCN(c2ccc(-c3cnc(N)c(-c4cc5c(cc4F)C(=O)NCC5)c3)cc2)CC1. The van der Waals surface area contributed by atoms with Crippen LogP contribution in [0, 0.1) is 5.82 Å². The van der Waals surface area contributed by atoms with Crippen LogP contribution in [0.15, 0.2) is 48.7 Å².